The molecule has 1 N–H and O–H groups in total. The lowest BCUT2D eigenvalue weighted by Crippen LogP contribution is -2.50. The minimum Gasteiger partial charge on any atom is -0.435 e. The van der Waals surface area contributed by atoms with Crippen LogP contribution in [0.4, 0.5) is 23.2 Å². The van der Waals surface area contributed by atoms with E-state index >= 15 is 0 Å². The predicted molar refractivity (Wildman–Crippen MR) is 103 cm³/mol. The Hall–Kier alpha value is -2.70. The molecule has 0 aromatic heterocycles. The van der Waals surface area contributed by atoms with E-state index in [0.29, 0.717) is 11.8 Å². The van der Waals surface area contributed by atoms with Crippen molar-refractivity contribution in [3.63, 3.8) is 0 Å². The lowest BCUT2D eigenvalue weighted by Gasteiger charge is -2.33. The first-order valence-corrected chi connectivity index (χ1v) is 10.6. The van der Waals surface area contributed by atoms with Crippen molar-refractivity contribution in [1.82, 2.24) is 9.21 Å². The monoisotopic (exact) mass is 461 g/mol. The first-order valence-electron chi connectivity index (χ1n) is 9.17. The maximum atomic E-state index is 13.9. The van der Waals surface area contributed by atoms with Crippen molar-refractivity contribution >= 4 is 21.6 Å². The molecule has 1 amide bonds. The molecule has 0 aliphatic carbocycles. The highest BCUT2D eigenvalue weighted by Crippen LogP contribution is 2.22. The van der Waals surface area contributed by atoms with Gasteiger partial charge in [0.15, 0.2) is 0 Å². The van der Waals surface area contributed by atoms with Gasteiger partial charge in [-0.15, -0.1) is 0 Å². The van der Waals surface area contributed by atoms with Gasteiger partial charge >= 0.3 is 6.61 Å². The molecule has 0 atom stereocenters. The van der Waals surface area contributed by atoms with Crippen LogP contribution in [0.25, 0.3) is 0 Å². The second-order valence-corrected chi connectivity index (χ2v) is 8.61. The number of carbonyl (C=O) groups is 1. The summed E-state index contributed by atoms with van der Waals surface area (Å²) in [6.07, 6.45) is 0. The zero-order valence-electron chi connectivity index (χ0n) is 16.1. The van der Waals surface area contributed by atoms with E-state index in [-0.39, 0.29) is 44.4 Å². The Morgan fingerprint density at radius 3 is 2.29 bits per heavy atom. The van der Waals surface area contributed by atoms with Gasteiger partial charge in [0.05, 0.1) is 6.54 Å². The standard InChI is InChI=1S/C19H19F4N3O4S/c20-13-1-6-16(21)17(11-13)31(28,29)26-9-7-25(8-10-26)12-18(27)24-14-2-4-15(5-3-14)30-19(22)23/h1-6,11,19H,7-10,12H2,(H,24,27). The van der Waals surface area contributed by atoms with Gasteiger partial charge in [0, 0.05) is 31.9 Å². The largest absolute Gasteiger partial charge is 0.435 e. The second-order valence-electron chi connectivity index (χ2n) is 6.71. The van der Waals surface area contributed by atoms with Crippen LogP contribution in [0.1, 0.15) is 0 Å². The van der Waals surface area contributed by atoms with E-state index in [4.69, 9.17) is 0 Å². The molecule has 12 heteroatoms. The molecule has 1 saturated heterocycles. The number of ether oxygens (including phenoxy) is 1. The number of anilines is 1. The number of carbonyl (C=O) groups excluding carboxylic acids is 1. The van der Waals surface area contributed by atoms with Gasteiger partial charge in [0.2, 0.25) is 15.9 Å². The van der Waals surface area contributed by atoms with Gasteiger partial charge in [-0.1, -0.05) is 0 Å². The molecule has 1 heterocycles. The number of sulfonamides is 1. The summed E-state index contributed by atoms with van der Waals surface area (Å²) in [6.45, 7) is -2.54. The number of nitrogens with one attached hydrogen (secondary N) is 1. The highest BCUT2D eigenvalue weighted by Gasteiger charge is 2.31. The minimum absolute atomic E-state index is 0.00519. The van der Waals surface area contributed by atoms with Gasteiger partial charge in [-0.2, -0.15) is 13.1 Å². The average molecular weight is 461 g/mol. The molecule has 31 heavy (non-hydrogen) atoms. The first-order chi connectivity index (χ1) is 14.6. The maximum Gasteiger partial charge on any atom is 0.387 e. The molecule has 1 aliphatic heterocycles. The molecule has 0 bridgehead atoms. The third kappa shape index (κ3) is 5.93. The molecule has 1 fully saturated rings. The van der Waals surface area contributed by atoms with Crippen molar-refractivity contribution in [2.75, 3.05) is 38.0 Å². The fourth-order valence-corrected chi connectivity index (χ4v) is 4.56. The zero-order valence-corrected chi connectivity index (χ0v) is 16.9. The van der Waals surface area contributed by atoms with Crippen LogP contribution in [0.2, 0.25) is 0 Å². The molecule has 0 radical (unpaired) electrons. The molecular formula is C19H19F4N3O4S. The highest BCUT2D eigenvalue weighted by molar-refractivity contribution is 7.89. The molecule has 168 valence electrons. The van der Waals surface area contributed by atoms with Crippen molar-refractivity contribution in [3.8, 4) is 5.75 Å². The molecule has 0 spiro atoms. The maximum absolute atomic E-state index is 13.9. The topological polar surface area (TPSA) is 79.0 Å². The molecule has 7 nitrogen and oxygen atoms in total. The Balaban J connectivity index is 1.52. The van der Waals surface area contributed by atoms with Gasteiger partial charge in [0.1, 0.15) is 22.3 Å². The van der Waals surface area contributed by atoms with Crippen LogP contribution in [-0.4, -0.2) is 62.9 Å². The molecule has 2 aromatic carbocycles. The Morgan fingerprint density at radius 2 is 1.68 bits per heavy atom. The summed E-state index contributed by atoms with van der Waals surface area (Å²) in [7, 11) is -4.20. The summed E-state index contributed by atoms with van der Waals surface area (Å²) in [5.41, 5.74) is 0.384. The average Bonchev–Trinajstić information content (AvgIpc) is 2.71. The predicted octanol–water partition coefficient (Wildman–Crippen LogP) is 2.51. The summed E-state index contributed by atoms with van der Waals surface area (Å²) >= 11 is 0. The Kier molecular flexibility index (Phi) is 7.13. The van der Waals surface area contributed by atoms with Crippen LogP contribution < -0.4 is 10.1 Å². The van der Waals surface area contributed by atoms with E-state index in [0.717, 1.165) is 16.4 Å². The molecular weight excluding hydrogens is 442 g/mol. The summed E-state index contributed by atoms with van der Waals surface area (Å²) in [5, 5.41) is 2.60. The summed E-state index contributed by atoms with van der Waals surface area (Å²) in [6, 6.07) is 7.64. The van der Waals surface area contributed by atoms with Crippen molar-refractivity contribution < 1.29 is 35.5 Å². The van der Waals surface area contributed by atoms with Crippen molar-refractivity contribution in [1.29, 1.82) is 0 Å². The van der Waals surface area contributed by atoms with Crippen LogP contribution in [0.3, 0.4) is 0 Å². The van der Waals surface area contributed by atoms with E-state index in [1.807, 2.05) is 0 Å². The number of hydrogen-bond donors (Lipinski definition) is 1. The Bertz CT molecular complexity index is 1030. The van der Waals surface area contributed by atoms with Crippen molar-refractivity contribution in [2.45, 2.75) is 11.5 Å². The van der Waals surface area contributed by atoms with E-state index in [9.17, 15) is 30.8 Å². The molecule has 0 saturated carbocycles. The van der Waals surface area contributed by atoms with Crippen LogP contribution in [0, 0.1) is 11.6 Å². The van der Waals surface area contributed by atoms with Crippen LogP contribution >= 0.6 is 0 Å². The quantitative estimate of drug-likeness (QED) is 0.642. The summed E-state index contributed by atoms with van der Waals surface area (Å²) in [5.74, 6) is -2.31. The summed E-state index contributed by atoms with van der Waals surface area (Å²) in [4.78, 5) is 13.2. The SMILES string of the molecule is O=C(CN1CCN(S(=O)(=O)c2cc(F)ccc2F)CC1)Nc1ccc(OC(F)F)cc1. The minimum atomic E-state index is -4.20. The van der Waals surface area contributed by atoms with E-state index < -0.39 is 33.2 Å². The number of amides is 1. The van der Waals surface area contributed by atoms with Gasteiger partial charge in [-0.05, 0) is 42.5 Å². The fourth-order valence-electron chi connectivity index (χ4n) is 3.07. The number of piperazine rings is 1. The number of alkyl halides is 2. The first kappa shape index (κ1) is 23.0. The second kappa shape index (κ2) is 9.62. The van der Waals surface area contributed by atoms with Gasteiger partial charge in [-0.25, -0.2) is 17.2 Å². The lowest BCUT2D eigenvalue weighted by molar-refractivity contribution is -0.117. The van der Waals surface area contributed by atoms with Crippen LogP contribution in [0.5, 0.6) is 5.75 Å². The van der Waals surface area contributed by atoms with Crippen molar-refractivity contribution in [2.24, 2.45) is 0 Å². The van der Waals surface area contributed by atoms with E-state index in [2.05, 4.69) is 10.1 Å². The number of rotatable bonds is 7. The van der Waals surface area contributed by atoms with Gasteiger partial charge in [-0.3, -0.25) is 9.69 Å². The molecule has 1 aliphatic rings. The van der Waals surface area contributed by atoms with Crippen LogP contribution in [-0.2, 0) is 14.8 Å². The third-order valence-corrected chi connectivity index (χ3v) is 6.49. The third-order valence-electron chi connectivity index (χ3n) is 4.57. The molecule has 0 unspecified atom stereocenters. The lowest BCUT2D eigenvalue weighted by atomic mass is 10.3. The normalized spacial score (nSPS) is 15.8. The summed E-state index contributed by atoms with van der Waals surface area (Å²) < 4.78 is 82.0. The van der Waals surface area contributed by atoms with Crippen molar-refractivity contribution in [3.05, 3.63) is 54.1 Å². The molecule has 3 rings (SSSR count). The van der Waals surface area contributed by atoms with Gasteiger partial charge in [0.25, 0.3) is 0 Å². The number of halogens is 4. The number of nitrogens with zero attached hydrogens (tertiary/aromatic N) is 2. The Labute approximate surface area is 176 Å². The highest BCUT2D eigenvalue weighted by atomic mass is 32.2. The molecule has 2 aromatic rings. The van der Waals surface area contributed by atoms with Gasteiger partial charge < -0.3 is 10.1 Å². The zero-order chi connectivity index (χ0) is 22.6. The number of benzene rings is 2. The Morgan fingerprint density at radius 1 is 1.03 bits per heavy atom. The number of hydrogen-bond acceptors (Lipinski definition) is 5. The van der Waals surface area contributed by atoms with Crippen LogP contribution in [0.15, 0.2) is 47.4 Å². The van der Waals surface area contributed by atoms with E-state index in [1.54, 1.807) is 4.90 Å². The fraction of sp³-hybridized carbons (Fsp3) is 0.316. The van der Waals surface area contributed by atoms with E-state index in [1.165, 1.54) is 24.3 Å². The smallest absolute Gasteiger partial charge is 0.387 e.